The third kappa shape index (κ3) is 4.65. The topological polar surface area (TPSA) is 41.6 Å². The van der Waals surface area contributed by atoms with Crippen LogP contribution < -0.4 is 5.32 Å². The smallest absolute Gasteiger partial charge is 0.220 e. The molecule has 0 spiro atoms. The van der Waals surface area contributed by atoms with Gasteiger partial charge in [-0.1, -0.05) is 24.3 Å². The first-order valence-electron chi connectivity index (χ1n) is 8.73. The van der Waals surface area contributed by atoms with Gasteiger partial charge in [0.15, 0.2) is 0 Å². The second-order valence-electron chi connectivity index (χ2n) is 6.49. The highest BCUT2D eigenvalue weighted by atomic mass is 19.1. The molecular formula is C19H25FN2O2. The summed E-state index contributed by atoms with van der Waals surface area (Å²) in [5.41, 5.74) is 1.03. The fourth-order valence-electron chi connectivity index (χ4n) is 3.42. The van der Waals surface area contributed by atoms with Crippen LogP contribution in [0.15, 0.2) is 36.4 Å². The van der Waals surface area contributed by atoms with Crippen molar-refractivity contribution in [2.75, 3.05) is 32.8 Å². The van der Waals surface area contributed by atoms with E-state index in [4.69, 9.17) is 4.74 Å². The van der Waals surface area contributed by atoms with E-state index in [1.165, 1.54) is 12.1 Å². The fraction of sp³-hybridized carbons (Fsp3) is 0.526. The van der Waals surface area contributed by atoms with E-state index < -0.39 is 0 Å². The molecule has 2 unspecified atom stereocenters. The van der Waals surface area contributed by atoms with E-state index in [0.717, 1.165) is 31.5 Å². The van der Waals surface area contributed by atoms with Gasteiger partial charge in [0, 0.05) is 26.1 Å². The maximum Gasteiger partial charge on any atom is 0.220 e. The van der Waals surface area contributed by atoms with Crippen LogP contribution in [-0.2, 0) is 9.53 Å². The average molecular weight is 332 g/mol. The Hall–Kier alpha value is -1.72. The minimum absolute atomic E-state index is 0.0533. The number of allylic oxidation sites excluding steroid dienone is 2. The largest absolute Gasteiger partial charge is 0.379 e. The van der Waals surface area contributed by atoms with Gasteiger partial charge in [0.2, 0.25) is 5.91 Å². The summed E-state index contributed by atoms with van der Waals surface area (Å²) in [6, 6.07) is 6.63. The summed E-state index contributed by atoms with van der Waals surface area (Å²) < 4.78 is 18.6. The monoisotopic (exact) mass is 332 g/mol. The Kier molecular flexibility index (Phi) is 5.99. The molecule has 130 valence electrons. The van der Waals surface area contributed by atoms with Gasteiger partial charge in [-0.05, 0) is 36.5 Å². The Balaban J connectivity index is 1.61. The standard InChI is InChI=1S/C19H25FN2O2/c20-17-7-5-16(6-8-17)18(22-9-11-24-12-10-22)14-21-19(23)13-15-3-1-2-4-15/h1,3,5-8,15,18H,2,4,9-14H2,(H,21,23). The molecule has 1 N–H and O–H groups in total. The lowest BCUT2D eigenvalue weighted by Gasteiger charge is -2.35. The van der Waals surface area contributed by atoms with Crippen molar-refractivity contribution in [3.05, 3.63) is 47.8 Å². The van der Waals surface area contributed by atoms with E-state index >= 15 is 0 Å². The number of amides is 1. The molecule has 0 radical (unpaired) electrons. The molecular weight excluding hydrogens is 307 g/mol. The van der Waals surface area contributed by atoms with E-state index in [0.29, 0.717) is 32.1 Å². The predicted molar refractivity (Wildman–Crippen MR) is 91.0 cm³/mol. The van der Waals surface area contributed by atoms with Gasteiger partial charge in [-0.15, -0.1) is 0 Å². The number of rotatable bonds is 6. The molecule has 3 rings (SSSR count). The molecule has 1 aliphatic heterocycles. The van der Waals surface area contributed by atoms with Gasteiger partial charge in [0.25, 0.3) is 0 Å². The van der Waals surface area contributed by atoms with Crippen LogP contribution in [0.1, 0.15) is 30.9 Å². The SMILES string of the molecule is O=C(CC1C=CCC1)NCC(c1ccc(F)cc1)N1CCOCC1. The van der Waals surface area contributed by atoms with Crippen molar-refractivity contribution >= 4 is 5.91 Å². The van der Waals surface area contributed by atoms with Crippen molar-refractivity contribution < 1.29 is 13.9 Å². The van der Waals surface area contributed by atoms with Gasteiger partial charge >= 0.3 is 0 Å². The Labute approximate surface area is 142 Å². The maximum atomic E-state index is 13.2. The second-order valence-corrected chi connectivity index (χ2v) is 6.49. The minimum atomic E-state index is -0.239. The zero-order valence-corrected chi connectivity index (χ0v) is 13.9. The highest BCUT2D eigenvalue weighted by Gasteiger charge is 2.23. The molecule has 24 heavy (non-hydrogen) atoms. The quantitative estimate of drug-likeness (QED) is 0.815. The van der Waals surface area contributed by atoms with Crippen molar-refractivity contribution in [1.82, 2.24) is 10.2 Å². The number of carbonyl (C=O) groups excluding carboxylic acids is 1. The van der Waals surface area contributed by atoms with Crippen molar-refractivity contribution in [3.8, 4) is 0 Å². The van der Waals surface area contributed by atoms with Crippen molar-refractivity contribution in [2.45, 2.75) is 25.3 Å². The Morgan fingerprint density at radius 3 is 2.71 bits per heavy atom. The van der Waals surface area contributed by atoms with Crippen LogP contribution in [0.25, 0.3) is 0 Å². The lowest BCUT2D eigenvalue weighted by molar-refractivity contribution is -0.122. The first-order chi connectivity index (χ1) is 11.7. The summed E-state index contributed by atoms with van der Waals surface area (Å²) in [6.07, 6.45) is 6.98. The highest BCUT2D eigenvalue weighted by Crippen LogP contribution is 2.23. The van der Waals surface area contributed by atoms with E-state index in [1.807, 2.05) is 0 Å². The number of morpholine rings is 1. The number of nitrogens with one attached hydrogen (secondary N) is 1. The zero-order valence-electron chi connectivity index (χ0n) is 13.9. The number of carbonyl (C=O) groups is 1. The van der Waals surface area contributed by atoms with Gasteiger partial charge < -0.3 is 10.1 Å². The number of benzene rings is 1. The maximum absolute atomic E-state index is 13.2. The second kappa shape index (κ2) is 8.40. The summed E-state index contributed by atoms with van der Waals surface area (Å²) in [5.74, 6) is 0.223. The first-order valence-corrected chi connectivity index (χ1v) is 8.73. The minimum Gasteiger partial charge on any atom is -0.379 e. The third-order valence-electron chi connectivity index (χ3n) is 4.79. The molecule has 1 fully saturated rings. The van der Waals surface area contributed by atoms with Gasteiger partial charge in [0.05, 0.1) is 19.3 Å². The highest BCUT2D eigenvalue weighted by molar-refractivity contribution is 5.76. The summed E-state index contributed by atoms with van der Waals surface area (Å²) in [6.45, 7) is 3.57. The van der Waals surface area contributed by atoms with Crippen LogP contribution in [0.2, 0.25) is 0 Å². The Morgan fingerprint density at radius 2 is 2.04 bits per heavy atom. The fourth-order valence-corrected chi connectivity index (χ4v) is 3.42. The molecule has 1 aromatic carbocycles. The number of halogens is 1. The van der Waals surface area contributed by atoms with Crippen molar-refractivity contribution in [1.29, 1.82) is 0 Å². The molecule has 0 aromatic heterocycles. The summed E-state index contributed by atoms with van der Waals surface area (Å²) in [7, 11) is 0. The van der Waals surface area contributed by atoms with E-state index in [-0.39, 0.29) is 17.8 Å². The van der Waals surface area contributed by atoms with Crippen LogP contribution in [0.3, 0.4) is 0 Å². The van der Waals surface area contributed by atoms with Gasteiger partial charge in [-0.3, -0.25) is 9.69 Å². The average Bonchev–Trinajstić information content (AvgIpc) is 3.10. The molecule has 0 saturated carbocycles. The number of hydrogen-bond donors (Lipinski definition) is 1. The molecule has 2 aliphatic rings. The Bertz CT molecular complexity index is 567. The summed E-state index contributed by atoms with van der Waals surface area (Å²) in [4.78, 5) is 14.5. The molecule has 0 bridgehead atoms. The lowest BCUT2D eigenvalue weighted by Crippen LogP contribution is -2.44. The van der Waals surface area contributed by atoms with Gasteiger partial charge in [0.1, 0.15) is 5.82 Å². The van der Waals surface area contributed by atoms with Crippen LogP contribution >= 0.6 is 0 Å². The summed E-state index contributed by atoms with van der Waals surface area (Å²) in [5, 5.41) is 3.07. The van der Waals surface area contributed by atoms with Gasteiger partial charge in [-0.2, -0.15) is 0 Å². The number of ether oxygens (including phenoxy) is 1. The molecule has 2 atom stereocenters. The number of hydrogen-bond acceptors (Lipinski definition) is 3. The molecule has 1 heterocycles. The van der Waals surface area contributed by atoms with Gasteiger partial charge in [-0.25, -0.2) is 4.39 Å². The van der Waals surface area contributed by atoms with Crippen LogP contribution in [0.5, 0.6) is 0 Å². The van der Waals surface area contributed by atoms with Crippen molar-refractivity contribution in [2.24, 2.45) is 5.92 Å². The van der Waals surface area contributed by atoms with E-state index in [1.54, 1.807) is 12.1 Å². The Morgan fingerprint density at radius 1 is 1.29 bits per heavy atom. The summed E-state index contributed by atoms with van der Waals surface area (Å²) >= 11 is 0. The van der Waals surface area contributed by atoms with E-state index in [9.17, 15) is 9.18 Å². The molecule has 4 nitrogen and oxygen atoms in total. The number of nitrogens with zero attached hydrogens (tertiary/aromatic N) is 1. The first kappa shape index (κ1) is 17.1. The predicted octanol–water partition coefficient (Wildman–Crippen LogP) is 2.67. The molecule has 1 aliphatic carbocycles. The third-order valence-corrected chi connectivity index (χ3v) is 4.79. The van der Waals surface area contributed by atoms with Crippen molar-refractivity contribution in [3.63, 3.8) is 0 Å². The molecule has 1 saturated heterocycles. The van der Waals surface area contributed by atoms with E-state index in [2.05, 4.69) is 22.4 Å². The normalized spacial score (nSPS) is 22.5. The van der Waals surface area contributed by atoms with Crippen LogP contribution in [0, 0.1) is 11.7 Å². The molecule has 5 heteroatoms. The van der Waals surface area contributed by atoms with Crippen LogP contribution in [0.4, 0.5) is 4.39 Å². The molecule has 1 aromatic rings. The zero-order chi connectivity index (χ0) is 16.8. The lowest BCUT2D eigenvalue weighted by atomic mass is 10.0. The molecule has 1 amide bonds. The van der Waals surface area contributed by atoms with Crippen LogP contribution in [-0.4, -0.2) is 43.7 Å².